The van der Waals surface area contributed by atoms with Gasteiger partial charge in [0.25, 0.3) is 0 Å². The molecule has 1 aliphatic heterocycles. The molecular weight excluding hydrogens is 300 g/mol. The highest BCUT2D eigenvalue weighted by atomic mass is 79.9. The molecule has 96 valence electrons. The molecule has 1 unspecified atom stereocenters. The second-order valence-electron chi connectivity index (χ2n) is 4.36. The molecule has 2 N–H and O–H groups in total. The molecule has 1 atom stereocenters. The van der Waals surface area contributed by atoms with Crippen LogP contribution < -0.4 is 5.73 Å². The van der Waals surface area contributed by atoms with E-state index in [0.717, 1.165) is 25.9 Å². The summed E-state index contributed by atoms with van der Waals surface area (Å²) in [6.45, 7) is 2.83. The summed E-state index contributed by atoms with van der Waals surface area (Å²) in [7, 11) is 1.80. The Morgan fingerprint density at radius 3 is 2.76 bits per heavy atom. The Morgan fingerprint density at radius 2 is 2.29 bits per heavy atom. The minimum atomic E-state index is 0.349. The fourth-order valence-corrected chi connectivity index (χ4v) is 4.17. The number of likely N-dealkylation sites (tertiary alicyclic amines) is 1. The molecule has 1 saturated heterocycles. The zero-order chi connectivity index (χ0) is 12.3. The lowest BCUT2D eigenvalue weighted by molar-refractivity contribution is 0.0284. The molecule has 2 rings (SSSR count). The monoisotopic (exact) mass is 318 g/mol. The van der Waals surface area contributed by atoms with Crippen molar-refractivity contribution in [2.45, 2.75) is 25.0 Å². The van der Waals surface area contributed by atoms with E-state index in [-0.39, 0.29) is 0 Å². The number of nitrogens with two attached hydrogens (primary N) is 1. The molecule has 5 heteroatoms. The summed E-state index contributed by atoms with van der Waals surface area (Å²) in [5.74, 6) is 0. The number of rotatable bonds is 4. The number of ether oxygens (including phenoxy) is 1. The van der Waals surface area contributed by atoms with E-state index in [4.69, 9.17) is 10.5 Å². The first-order valence-electron chi connectivity index (χ1n) is 5.96. The van der Waals surface area contributed by atoms with Crippen LogP contribution in [0, 0.1) is 0 Å². The Morgan fingerprint density at radius 1 is 1.59 bits per heavy atom. The van der Waals surface area contributed by atoms with Crippen LogP contribution in [0.15, 0.2) is 15.9 Å². The number of hydrogen-bond acceptors (Lipinski definition) is 4. The van der Waals surface area contributed by atoms with Crippen LogP contribution in [0.3, 0.4) is 0 Å². The Hall–Kier alpha value is 0.0600. The van der Waals surface area contributed by atoms with Crippen molar-refractivity contribution in [2.24, 2.45) is 5.73 Å². The maximum Gasteiger partial charge on any atom is 0.0595 e. The summed E-state index contributed by atoms with van der Waals surface area (Å²) in [5.41, 5.74) is 5.94. The highest BCUT2D eigenvalue weighted by Gasteiger charge is 2.26. The van der Waals surface area contributed by atoms with Gasteiger partial charge < -0.3 is 10.5 Å². The molecule has 1 aromatic heterocycles. The quantitative estimate of drug-likeness (QED) is 0.927. The molecule has 1 aromatic rings. The van der Waals surface area contributed by atoms with Crippen LogP contribution in [-0.2, 0) is 4.74 Å². The van der Waals surface area contributed by atoms with Crippen molar-refractivity contribution < 1.29 is 4.74 Å². The zero-order valence-corrected chi connectivity index (χ0v) is 12.5. The van der Waals surface area contributed by atoms with Crippen molar-refractivity contribution >= 4 is 27.3 Å². The van der Waals surface area contributed by atoms with Crippen molar-refractivity contribution in [3.05, 3.63) is 20.8 Å². The molecule has 1 aliphatic rings. The van der Waals surface area contributed by atoms with Gasteiger partial charge in [-0.15, -0.1) is 11.3 Å². The molecule has 0 aliphatic carbocycles. The first-order chi connectivity index (χ1) is 8.26. The van der Waals surface area contributed by atoms with Gasteiger partial charge in [-0.1, -0.05) is 0 Å². The van der Waals surface area contributed by atoms with Crippen LogP contribution in [0.2, 0.25) is 0 Å². The number of halogens is 1. The van der Waals surface area contributed by atoms with Gasteiger partial charge in [-0.3, -0.25) is 4.90 Å². The second-order valence-corrected chi connectivity index (χ2v) is 6.16. The van der Waals surface area contributed by atoms with E-state index in [9.17, 15) is 0 Å². The zero-order valence-electron chi connectivity index (χ0n) is 10.1. The number of hydrogen-bond donors (Lipinski definition) is 1. The van der Waals surface area contributed by atoms with Crippen LogP contribution in [0.5, 0.6) is 0 Å². The molecule has 2 heterocycles. The molecule has 0 saturated carbocycles. The van der Waals surface area contributed by atoms with Gasteiger partial charge in [0.05, 0.1) is 12.1 Å². The SMILES string of the molecule is COC1CCN(C(CN)c2sccc2Br)CC1. The molecule has 0 aromatic carbocycles. The fourth-order valence-electron chi connectivity index (χ4n) is 2.39. The standard InChI is InChI=1S/C12H19BrN2OS/c1-16-9-2-5-15(6-3-9)11(8-14)12-10(13)4-7-17-12/h4,7,9,11H,2-3,5-6,8,14H2,1H3. The third-order valence-electron chi connectivity index (χ3n) is 3.42. The lowest BCUT2D eigenvalue weighted by Gasteiger charge is -2.36. The second kappa shape index (κ2) is 6.29. The number of nitrogens with zero attached hydrogens (tertiary/aromatic N) is 1. The molecule has 0 radical (unpaired) electrons. The van der Waals surface area contributed by atoms with Gasteiger partial charge in [-0.05, 0) is 40.2 Å². The van der Waals surface area contributed by atoms with Gasteiger partial charge >= 0.3 is 0 Å². The lowest BCUT2D eigenvalue weighted by Crippen LogP contribution is -2.41. The Bertz CT molecular complexity index is 350. The highest BCUT2D eigenvalue weighted by Crippen LogP contribution is 2.33. The van der Waals surface area contributed by atoms with Crippen LogP contribution in [-0.4, -0.2) is 37.7 Å². The van der Waals surface area contributed by atoms with Gasteiger partial charge in [0.2, 0.25) is 0 Å². The van der Waals surface area contributed by atoms with Crippen LogP contribution in [0.25, 0.3) is 0 Å². The van der Waals surface area contributed by atoms with E-state index < -0.39 is 0 Å². The van der Waals surface area contributed by atoms with E-state index in [1.165, 1.54) is 9.35 Å². The fraction of sp³-hybridized carbons (Fsp3) is 0.667. The average Bonchev–Trinajstić information content (AvgIpc) is 2.78. The van der Waals surface area contributed by atoms with Crippen LogP contribution in [0.4, 0.5) is 0 Å². The molecule has 17 heavy (non-hydrogen) atoms. The number of piperidine rings is 1. The maximum absolute atomic E-state index is 5.94. The molecular formula is C12H19BrN2OS. The average molecular weight is 319 g/mol. The predicted molar refractivity (Wildman–Crippen MR) is 75.4 cm³/mol. The van der Waals surface area contributed by atoms with Gasteiger partial charge in [0.15, 0.2) is 0 Å². The predicted octanol–water partition coefficient (Wildman–Crippen LogP) is 2.62. The third kappa shape index (κ3) is 3.09. The summed E-state index contributed by atoms with van der Waals surface area (Å²) in [6.07, 6.45) is 2.64. The summed E-state index contributed by atoms with van der Waals surface area (Å²) < 4.78 is 6.59. The topological polar surface area (TPSA) is 38.5 Å². The van der Waals surface area contributed by atoms with E-state index in [0.29, 0.717) is 18.7 Å². The van der Waals surface area contributed by atoms with E-state index >= 15 is 0 Å². The van der Waals surface area contributed by atoms with Crippen molar-refractivity contribution in [1.29, 1.82) is 0 Å². The maximum atomic E-state index is 5.94. The van der Waals surface area contributed by atoms with E-state index in [1.807, 2.05) is 0 Å². The summed E-state index contributed by atoms with van der Waals surface area (Å²) >= 11 is 5.39. The van der Waals surface area contributed by atoms with Gasteiger partial charge in [0.1, 0.15) is 0 Å². The first-order valence-corrected chi connectivity index (χ1v) is 7.63. The summed E-state index contributed by atoms with van der Waals surface area (Å²) in [4.78, 5) is 3.83. The van der Waals surface area contributed by atoms with Crippen molar-refractivity contribution in [2.75, 3.05) is 26.7 Å². The minimum Gasteiger partial charge on any atom is -0.381 e. The van der Waals surface area contributed by atoms with E-state index in [2.05, 4.69) is 32.3 Å². The van der Waals surface area contributed by atoms with Gasteiger partial charge in [-0.25, -0.2) is 0 Å². The molecule has 0 bridgehead atoms. The summed E-state index contributed by atoms with van der Waals surface area (Å²) in [6, 6.07) is 2.45. The van der Waals surface area contributed by atoms with E-state index in [1.54, 1.807) is 18.4 Å². The van der Waals surface area contributed by atoms with Crippen molar-refractivity contribution in [3.63, 3.8) is 0 Å². The number of thiophene rings is 1. The van der Waals surface area contributed by atoms with Crippen LogP contribution >= 0.6 is 27.3 Å². The minimum absolute atomic E-state index is 0.349. The van der Waals surface area contributed by atoms with Crippen molar-refractivity contribution in [1.82, 2.24) is 4.90 Å². The first kappa shape index (κ1) is 13.5. The largest absolute Gasteiger partial charge is 0.381 e. The highest BCUT2D eigenvalue weighted by molar-refractivity contribution is 9.10. The van der Waals surface area contributed by atoms with Gasteiger partial charge in [0, 0.05) is 36.1 Å². The Kier molecular flexibility index (Phi) is 4.99. The Balaban J connectivity index is 2.03. The van der Waals surface area contributed by atoms with Crippen LogP contribution in [0.1, 0.15) is 23.8 Å². The third-order valence-corrected chi connectivity index (χ3v) is 5.39. The Labute approximate surface area is 115 Å². The number of methoxy groups -OCH3 is 1. The lowest BCUT2D eigenvalue weighted by atomic mass is 10.0. The smallest absolute Gasteiger partial charge is 0.0595 e. The van der Waals surface area contributed by atoms with Gasteiger partial charge in [-0.2, -0.15) is 0 Å². The normalized spacial score (nSPS) is 20.6. The molecule has 0 amide bonds. The van der Waals surface area contributed by atoms with Crippen molar-refractivity contribution in [3.8, 4) is 0 Å². The molecule has 1 fully saturated rings. The molecule has 3 nitrogen and oxygen atoms in total. The summed E-state index contributed by atoms with van der Waals surface area (Å²) in [5, 5.41) is 2.12. The molecule has 0 spiro atoms.